The van der Waals surface area contributed by atoms with Gasteiger partial charge >= 0.3 is 0 Å². The molecule has 1 unspecified atom stereocenters. The minimum atomic E-state index is -1.02. The van der Waals surface area contributed by atoms with Crippen LogP contribution in [0.15, 0.2) is 70.2 Å². The van der Waals surface area contributed by atoms with Gasteiger partial charge in [-0.15, -0.1) is 0 Å². The first-order valence-corrected chi connectivity index (χ1v) is 12.8. The second-order valence-electron chi connectivity index (χ2n) is 8.51. The first kappa shape index (κ1) is 26.4. The highest BCUT2D eigenvalue weighted by Gasteiger charge is 2.15. The molecule has 0 aliphatic carbocycles. The zero-order chi connectivity index (χ0) is 24.1. The van der Waals surface area contributed by atoms with Gasteiger partial charge in [0, 0.05) is 35.3 Å². The number of aromatic nitrogens is 3. The van der Waals surface area contributed by atoms with E-state index in [9.17, 15) is 4.21 Å². The van der Waals surface area contributed by atoms with E-state index in [0.29, 0.717) is 11.5 Å². The van der Waals surface area contributed by atoms with E-state index < -0.39 is 10.8 Å². The van der Waals surface area contributed by atoms with Crippen LogP contribution in [0.2, 0.25) is 0 Å². The Morgan fingerprint density at radius 1 is 1.03 bits per heavy atom. The summed E-state index contributed by atoms with van der Waals surface area (Å²) in [6.07, 6.45) is 2.86. The van der Waals surface area contributed by atoms with Crippen LogP contribution in [-0.2, 0) is 17.3 Å². The van der Waals surface area contributed by atoms with Crippen molar-refractivity contribution in [1.29, 1.82) is 0 Å². The van der Waals surface area contributed by atoms with Crippen molar-refractivity contribution in [3.8, 4) is 34.0 Å². The first-order valence-electron chi connectivity index (χ1n) is 11.6. The van der Waals surface area contributed by atoms with Crippen LogP contribution in [0.5, 0.6) is 0 Å². The molecule has 0 aliphatic rings. The maximum absolute atomic E-state index is 12.3. The minimum absolute atomic E-state index is 0. The summed E-state index contributed by atoms with van der Waals surface area (Å²) in [5, 5.41) is 7.75. The monoisotopic (exact) mass is 494 g/mol. The summed E-state index contributed by atoms with van der Waals surface area (Å²) in [6, 6.07) is 17.9. The second-order valence-corrected chi connectivity index (χ2v) is 10.5. The van der Waals surface area contributed by atoms with Crippen molar-refractivity contribution < 1.29 is 15.6 Å². The summed E-state index contributed by atoms with van der Waals surface area (Å²) in [6.45, 7) is 9.83. The van der Waals surface area contributed by atoms with Gasteiger partial charge in [0.2, 0.25) is 0 Å². The van der Waals surface area contributed by atoms with E-state index in [4.69, 9.17) is 9.51 Å². The number of nitrogens with zero attached hydrogens (tertiary/aromatic N) is 3. The van der Waals surface area contributed by atoms with Gasteiger partial charge in [0.15, 0.2) is 5.76 Å². The molecule has 0 aliphatic heterocycles. The molecule has 2 aromatic carbocycles. The Balaban J connectivity index is 0.00000228. The third-order valence-electron chi connectivity index (χ3n) is 5.52. The van der Waals surface area contributed by atoms with Gasteiger partial charge in [-0.2, -0.15) is 0 Å². The van der Waals surface area contributed by atoms with E-state index >= 15 is 0 Å². The number of hydrogen-bond donors (Lipinski definition) is 1. The molecule has 0 saturated heterocycles. The highest BCUT2D eigenvalue weighted by atomic mass is 32.2. The lowest BCUT2D eigenvalue weighted by Gasteiger charge is -2.08. The number of hydrogen-bond acceptors (Lipinski definition) is 6. The average molecular weight is 495 g/mol. The molecule has 186 valence electrons. The molecule has 0 bridgehead atoms. The smallest absolute Gasteiger partial charge is 0.187 e. The Kier molecular flexibility index (Phi) is 9.03. The van der Waals surface area contributed by atoms with Crippen LogP contribution in [-0.4, -0.2) is 36.6 Å². The largest absolute Gasteiger partial charge is 0.412 e. The van der Waals surface area contributed by atoms with Gasteiger partial charge in [0.25, 0.3) is 0 Å². The lowest BCUT2D eigenvalue weighted by Crippen LogP contribution is -2.13. The second kappa shape index (κ2) is 12.0. The molecule has 3 N–H and O–H groups in total. The molecule has 8 heteroatoms. The molecule has 0 amide bonds. The van der Waals surface area contributed by atoms with E-state index in [1.54, 1.807) is 6.20 Å². The van der Waals surface area contributed by atoms with Crippen molar-refractivity contribution >= 4 is 10.8 Å². The van der Waals surface area contributed by atoms with Crippen LogP contribution in [0.3, 0.4) is 0 Å². The molecule has 0 spiro atoms. The molecular formula is C27H34N4O3S. The molecule has 1 atom stereocenters. The Morgan fingerprint density at radius 2 is 1.69 bits per heavy atom. The topological polar surface area (TPSA) is 112 Å². The molecular weight excluding hydrogens is 460 g/mol. The molecule has 7 nitrogen and oxygen atoms in total. The van der Waals surface area contributed by atoms with Gasteiger partial charge < -0.3 is 15.3 Å². The zero-order valence-corrected chi connectivity index (χ0v) is 21.4. The van der Waals surface area contributed by atoms with Crippen molar-refractivity contribution in [2.45, 2.75) is 50.8 Å². The van der Waals surface area contributed by atoms with E-state index in [2.05, 4.69) is 46.6 Å². The standard InChI is InChI=1S/C27H30N4O2S.H2O.H2/c1-5-14-28-16-20-6-8-21(9-7-20)24-15-26(33-31-24)27-19(4)29-17-25(30-27)22-10-12-23(13-11-22)34(32)18(2)3;;/h6-13,15,17-18,28H,5,14,16H2,1-4H3;1H2;1H. The Hall–Kier alpha value is -3.20. The first-order chi connectivity index (χ1) is 16.5. The van der Waals surface area contributed by atoms with Crippen molar-refractivity contribution in [3.63, 3.8) is 0 Å². The number of rotatable bonds is 9. The van der Waals surface area contributed by atoms with E-state index in [1.165, 1.54) is 5.56 Å². The summed E-state index contributed by atoms with van der Waals surface area (Å²) < 4.78 is 18.0. The van der Waals surface area contributed by atoms with Gasteiger partial charge in [-0.3, -0.25) is 9.19 Å². The highest BCUT2D eigenvalue weighted by molar-refractivity contribution is 7.85. The van der Waals surface area contributed by atoms with E-state index in [1.807, 2.05) is 51.1 Å². The summed E-state index contributed by atoms with van der Waals surface area (Å²) in [7, 11) is -1.02. The van der Waals surface area contributed by atoms with Crippen LogP contribution >= 0.6 is 0 Å². The summed E-state index contributed by atoms with van der Waals surface area (Å²) in [5.74, 6) is 0.577. The predicted molar refractivity (Wildman–Crippen MR) is 142 cm³/mol. The molecule has 35 heavy (non-hydrogen) atoms. The molecule has 0 fully saturated rings. The zero-order valence-electron chi connectivity index (χ0n) is 20.5. The van der Waals surface area contributed by atoms with Gasteiger partial charge in [-0.05, 0) is 37.6 Å². The van der Waals surface area contributed by atoms with Gasteiger partial charge in [-0.25, -0.2) is 4.98 Å². The fourth-order valence-electron chi connectivity index (χ4n) is 3.58. The lowest BCUT2D eigenvalue weighted by atomic mass is 10.1. The minimum Gasteiger partial charge on any atom is -0.412 e. The van der Waals surface area contributed by atoms with Crippen molar-refractivity contribution in [1.82, 2.24) is 20.4 Å². The van der Waals surface area contributed by atoms with Crippen LogP contribution < -0.4 is 5.32 Å². The summed E-state index contributed by atoms with van der Waals surface area (Å²) in [4.78, 5) is 10.1. The normalized spacial score (nSPS) is 11.9. The quantitative estimate of drug-likeness (QED) is 0.320. The molecule has 2 heterocycles. The SMILES string of the molecule is CCCNCc1ccc(-c2cc(-c3nc(-c4ccc(S(=O)C(C)C)cc4)cnc3C)on2)cc1.O.[HH]. The van der Waals surface area contributed by atoms with Crippen LogP contribution in [0.25, 0.3) is 34.0 Å². The summed E-state index contributed by atoms with van der Waals surface area (Å²) >= 11 is 0. The third-order valence-corrected chi connectivity index (χ3v) is 7.11. The van der Waals surface area contributed by atoms with Crippen molar-refractivity contribution in [3.05, 3.63) is 72.1 Å². The van der Waals surface area contributed by atoms with Crippen LogP contribution in [0, 0.1) is 6.92 Å². The van der Waals surface area contributed by atoms with Crippen molar-refractivity contribution in [2.75, 3.05) is 6.54 Å². The number of benzene rings is 2. The van der Waals surface area contributed by atoms with Crippen LogP contribution in [0.4, 0.5) is 0 Å². The molecule has 0 radical (unpaired) electrons. The molecule has 2 aromatic heterocycles. The molecule has 0 saturated carbocycles. The maximum atomic E-state index is 12.3. The van der Waals surface area contributed by atoms with Gasteiger partial charge in [-0.1, -0.05) is 62.3 Å². The third kappa shape index (κ3) is 6.28. The molecule has 4 rings (SSSR count). The molecule has 4 aromatic rings. The summed E-state index contributed by atoms with van der Waals surface area (Å²) in [5.41, 5.74) is 6.04. The van der Waals surface area contributed by atoms with Crippen LogP contribution in [0.1, 0.15) is 39.9 Å². The number of nitrogens with one attached hydrogen (secondary N) is 1. The van der Waals surface area contributed by atoms with Gasteiger partial charge in [0.1, 0.15) is 11.4 Å². The maximum Gasteiger partial charge on any atom is 0.187 e. The fraction of sp³-hybridized carbons (Fsp3) is 0.296. The Bertz CT molecular complexity index is 1280. The Labute approximate surface area is 210 Å². The highest BCUT2D eigenvalue weighted by Crippen LogP contribution is 2.29. The van der Waals surface area contributed by atoms with E-state index in [0.717, 1.165) is 52.6 Å². The van der Waals surface area contributed by atoms with Gasteiger partial charge in [0.05, 0.1) is 28.4 Å². The van der Waals surface area contributed by atoms with E-state index in [-0.39, 0.29) is 12.2 Å². The lowest BCUT2D eigenvalue weighted by molar-refractivity contribution is 0.433. The predicted octanol–water partition coefficient (Wildman–Crippen LogP) is 5.21. The average Bonchev–Trinajstić information content (AvgIpc) is 3.34. The van der Waals surface area contributed by atoms with Crippen molar-refractivity contribution in [2.24, 2.45) is 0 Å². The Morgan fingerprint density at radius 3 is 2.34 bits per heavy atom. The number of aryl methyl sites for hydroxylation is 1. The fourth-order valence-corrected chi connectivity index (χ4v) is 4.53.